The standard InChI is InChI=1S/C16H18N2O2S/c1-10(14-9-21-11(2)17-14)18-8-7-12-5-3-4-6-13(12)15(18)16(19)20/h3-6,9-10,15H,7-8H2,1-2H3,(H,19,20). The van der Waals surface area contributed by atoms with Crippen molar-refractivity contribution in [3.63, 3.8) is 0 Å². The zero-order valence-electron chi connectivity index (χ0n) is 12.1. The van der Waals surface area contributed by atoms with Crippen molar-refractivity contribution in [3.05, 3.63) is 51.5 Å². The van der Waals surface area contributed by atoms with Crippen molar-refractivity contribution < 1.29 is 9.90 Å². The van der Waals surface area contributed by atoms with E-state index in [1.165, 1.54) is 0 Å². The molecule has 1 N–H and O–H groups in total. The molecule has 1 aliphatic rings. The Morgan fingerprint density at radius 1 is 1.48 bits per heavy atom. The Balaban J connectivity index is 1.97. The summed E-state index contributed by atoms with van der Waals surface area (Å²) in [6, 6.07) is 7.26. The molecule has 2 aromatic rings. The van der Waals surface area contributed by atoms with Crippen LogP contribution in [0.25, 0.3) is 0 Å². The Bertz CT molecular complexity index is 668. The van der Waals surface area contributed by atoms with Crippen LogP contribution in [0.4, 0.5) is 0 Å². The van der Waals surface area contributed by atoms with Gasteiger partial charge in [-0.05, 0) is 31.4 Å². The molecule has 0 radical (unpaired) electrons. The number of carboxylic acid groups (broad SMARTS) is 1. The van der Waals surface area contributed by atoms with Gasteiger partial charge in [0.15, 0.2) is 0 Å². The van der Waals surface area contributed by atoms with Crippen molar-refractivity contribution in [2.45, 2.75) is 32.4 Å². The number of hydrogen-bond acceptors (Lipinski definition) is 4. The molecule has 3 rings (SSSR count). The van der Waals surface area contributed by atoms with Gasteiger partial charge in [-0.3, -0.25) is 9.69 Å². The van der Waals surface area contributed by atoms with Crippen LogP contribution in [0.5, 0.6) is 0 Å². The van der Waals surface area contributed by atoms with E-state index in [9.17, 15) is 9.90 Å². The Morgan fingerprint density at radius 2 is 2.24 bits per heavy atom. The summed E-state index contributed by atoms with van der Waals surface area (Å²) in [4.78, 5) is 18.4. The number of carboxylic acids is 1. The van der Waals surface area contributed by atoms with E-state index in [1.807, 2.05) is 48.4 Å². The molecule has 5 heteroatoms. The van der Waals surface area contributed by atoms with Crippen molar-refractivity contribution >= 4 is 17.3 Å². The fraction of sp³-hybridized carbons (Fsp3) is 0.375. The van der Waals surface area contributed by atoms with Gasteiger partial charge in [0.05, 0.1) is 16.7 Å². The number of aliphatic carboxylic acids is 1. The summed E-state index contributed by atoms with van der Waals surface area (Å²) >= 11 is 1.61. The van der Waals surface area contributed by atoms with Crippen molar-refractivity contribution in [1.82, 2.24) is 9.88 Å². The van der Waals surface area contributed by atoms with Crippen LogP contribution in [0.2, 0.25) is 0 Å². The highest BCUT2D eigenvalue weighted by molar-refractivity contribution is 7.09. The maximum absolute atomic E-state index is 11.8. The molecule has 4 nitrogen and oxygen atoms in total. The van der Waals surface area contributed by atoms with Gasteiger partial charge < -0.3 is 5.11 Å². The van der Waals surface area contributed by atoms with Crippen molar-refractivity contribution in [1.29, 1.82) is 0 Å². The fourth-order valence-electron chi connectivity index (χ4n) is 3.02. The first-order valence-electron chi connectivity index (χ1n) is 7.06. The monoisotopic (exact) mass is 302 g/mol. The van der Waals surface area contributed by atoms with Crippen molar-refractivity contribution in [3.8, 4) is 0 Å². The van der Waals surface area contributed by atoms with E-state index in [0.717, 1.165) is 34.8 Å². The topological polar surface area (TPSA) is 53.4 Å². The Morgan fingerprint density at radius 3 is 2.90 bits per heavy atom. The third-order valence-corrected chi connectivity index (χ3v) is 4.91. The lowest BCUT2D eigenvalue weighted by Gasteiger charge is -2.38. The van der Waals surface area contributed by atoms with Crippen LogP contribution in [-0.2, 0) is 11.2 Å². The molecule has 0 saturated carbocycles. The summed E-state index contributed by atoms with van der Waals surface area (Å²) in [5.74, 6) is -0.791. The van der Waals surface area contributed by atoms with Crippen LogP contribution in [0, 0.1) is 6.92 Å². The van der Waals surface area contributed by atoms with Gasteiger partial charge in [-0.15, -0.1) is 11.3 Å². The molecule has 0 spiro atoms. The van der Waals surface area contributed by atoms with Crippen LogP contribution in [0.1, 0.15) is 40.8 Å². The lowest BCUT2D eigenvalue weighted by molar-refractivity contribution is -0.145. The number of aromatic nitrogens is 1. The third-order valence-electron chi connectivity index (χ3n) is 4.12. The molecule has 2 heterocycles. The van der Waals surface area contributed by atoms with Crippen LogP contribution >= 0.6 is 11.3 Å². The molecule has 2 unspecified atom stereocenters. The fourth-order valence-corrected chi connectivity index (χ4v) is 3.72. The SMILES string of the molecule is Cc1nc(C(C)N2CCc3ccccc3C2C(=O)O)cs1. The molecule has 110 valence electrons. The molecule has 1 aliphatic heterocycles. The first-order chi connectivity index (χ1) is 10.1. The number of rotatable bonds is 3. The predicted octanol–water partition coefficient (Wildman–Crippen LogP) is 3.20. The first kappa shape index (κ1) is 14.2. The van der Waals surface area contributed by atoms with E-state index < -0.39 is 12.0 Å². The second-order valence-corrected chi connectivity index (χ2v) is 6.46. The summed E-state index contributed by atoms with van der Waals surface area (Å²) in [6.07, 6.45) is 0.882. The van der Waals surface area contributed by atoms with E-state index in [2.05, 4.69) is 4.98 Å². The number of hydrogen-bond donors (Lipinski definition) is 1. The highest BCUT2D eigenvalue weighted by atomic mass is 32.1. The summed E-state index contributed by atoms with van der Waals surface area (Å²) in [5, 5.41) is 12.7. The minimum atomic E-state index is -0.791. The number of nitrogens with zero attached hydrogens (tertiary/aromatic N) is 2. The smallest absolute Gasteiger partial charge is 0.325 e. The summed E-state index contributed by atoms with van der Waals surface area (Å²) in [7, 11) is 0. The van der Waals surface area contributed by atoms with Gasteiger partial charge in [0.1, 0.15) is 6.04 Å². The summed E-state index contributed by atoms with van der Waals surface area (Å²) in [6.45, 7) is 4.76. The predicted molar refractivity (Wildman–Crippen MR) is 82.5 cm³/mol. The third kappa shape index (κ3) is 2.59. The van der Waals surface area contributed by atoms with E-state index in [-0.39, 0.29) is 6.04 Å². The molecular formula is C16H18N2O2S. The average Bonchev–Trinajstić information content (AvgIpc) is 2.91. The average molecular weight is 302 g/mol. The van der Waals surface area contributed by atoms with E-state index in [4.69, 9.17) is 0 Å². The highest BCUT2D eigenvalue weighted by Crippen LogP contribution is 2.36. The number of benzene rings is 1. The molecule has 21 heavy (non-hydrogen) atoms. The van der Waals surface area contributed by atoms with Gasteiger partial charge >= 0.3 is 5.97 Å². The minimum absolute atomic E-state index is 0.00408. The van der Waals surface area contributed by atoms with Gasteiger partial charge in [-0.1, -0.05) is 24.3 Å². The normalized spacial score (nSPS) is 20.0. The largest absolute Gasteiger partial charge is 0.480 e. The second kappa shape index (κ2) is 5.58. The van der Waals surface area contributed by atoms with Crippen LogP contribution in [-0.4, -0.2) is 27.5 Å². The zero-order chi connectivity index (χ0) is 15.0. The van der Waals surface area contributed by atoms with Crippen molar-refractivity contribution in [2.75, 3.05) is 6.54 Å². The van der Waals surface area contributed by atoms with Gasteiger partial charge in [0, 0.05) is 11.9 Å². The number of aryl methyl sites for hydroxylation is 1. The highest BCUT2D eigenvalue weighted by Gasteiger charge is 2.36. The molecule has 0 bridgehead atoms. The van der Waals surface area contributed by atoms with Gasteiger partial charge in [-0.2, -0.15) is 0 Å². The molecule has 1 aromatic carbocycles. The van der Waals surface area contributed by atoms with E-state index >= 15 is 0 Å². The maximum atomic E-state index is 11.8. The lowest BCUT2D eigenvalue weighted by Crippen LogP contribution is -2.41. The quantitative estimate of drug-likeness (QED) is 0.946. The number of carbonyl (C=O) groups is 1. The molecule has 0 fully saturated rings. The van der Waals surface area contributed by atoms with Gasteiger partial charge in [0.25, 0.3) is 0 Å². The van der Waals surface area contributed by atoms with E-state index in [1.54, 1.807) is 11.3 Å². The molecule has 2 atom stereocenters. The molecule has 1 aromatic heterocycles. The Labute approximate surface area is 128 Å². The second-order valence-electron chi connectivity index (χ2n) is 5.39. The van der Waals surface area contributed by atoms with Gasteiger partial charge in [0.2, 0.25) is 0 Å². The van der Waals surface area contributed by atoms with Crippen LogP contribution in [0.15, 0.2) is 29.6 Å². The summed E-state index contributed by atoms with van der Waals surface area (Å²) < 4.78 is 0. The van der Waals surface area contributed by atoms with E-state index in [0.29, 0.717) is 0 Å². The van der Waals surface area contributed by atoms with Crippen LogP contribution < -0.4 is 0 Å². The van der Waals surface area contributed by atoms with Crippen LogP contribution in [0.3, 0.4) is 0 Å². The Kier molecular flexibility index (Phi) is 3.78. The number of fused-ring (bicyclic) bond motifs is 1. The zero-order valence-corrected chi connectivity index (χ0v) is 12.9. The molecule has 0 saturated heterocycles. The minimum Gasteiger partial charge on any atom is -0.480 e. The molecule has 0 amide bonds. The van der Waals surface area contributed by atoms with Gasteiger partial charge in [-0.25, -0.2) is 4.98 Å². The first-order valence-corrected chi connectivity index (χ1v) is 7.94. The Hall–Kier alpha value is -1.72. The lowest BCUT2D eigenvalue weighted by atomic mass is 9.91. The maximum Gasteiger partial charge on any atom is 0.325 e. The van der Waals surface area contributed by atoms with Crippen molar-refractivity contribution in [2.24, 2.45) is 0 Å². The summed E-state index contributed by atoms with van der Waals surface area (Å²) in [5.41, 5.74) is 3.01. The molecular weight excluding hydrogens is 284 g/mol. The number of thiazole rings is 1. The molecule has 0 aliphatic carbocycles.